The fourth-order valence-electron chi connectivity index (χ4n) is 3.90. The number of carbonyl (C=O) groups excluding carboxylic acids is 2. The number of imidazole rings is 1. The summed E-state index contributed by atoms with van der Waals surface area (Å²) in [5, 5.41) is 5.65. The summed E-state index contributed by atoms with van der Waals surface area (Å²) in [4.78, 5) is 30.5. The van der Waals surface area contributed by atoms with Crippen LogP contribution in [0.1, 0.15) is 18.4 Å². The first-order chi connectivity index (χ1) is 15.6. The molecule has 2 saturated heterocycles. The lowest BCUT2D eigenvalue weighted by Crippen LogP contribution is -2.58. The first kappa shape index (κ1) is 20.3. The Balaban J connectivity index is 1.05. The van der Waals surface area contributed by atoms with Crippen molar-refractivity contribution in [3.63, 3.8) is 0 Å². The zero-order chi connectivity index (χ0) is 21.9. The van der Waals surface area contributed by atoms with Gasteiger partial charge in [0.25, 0.3) is 5.91 Å². The molecule has 2 aliphatic rings. The van der Waals surface area contributed by atoms with E-state index in [0.29, 0.717) is 37.7 Å². The molecule has 5 rings (SSSR count). The van der Waals surface area contributed by atoms with Crippen molar-refractivity contribution in [2.45, 2.75) is 31.6 Å². The van der Waals surface area contributed by atoms with Gasteiger partial charge in [0.15, 0.2) is 0 Å². The van der Waals surface area contributed by atoms with Crippen LogP contribution in [0.5, 0.6) is 5.75 Å². The Labute approximate surface area is 185 Å². The van der Waals surface area contributed by atoms with E-state index in [1.54, 1.807) is 23.2 Å². The van der Waals surface area contributed by atoms with Crippen molar-refractivity contribution in [3.8, 4) is 5.75 Å². The molecule has 2 N–H and O–H groups in total. The first-order valence-electron chi connectivity index (χ1n) is 10.8. The van der Waals surface area contributed by atoms with Gasteiger partial charge in [0.1, 0.15) is 23.6 Å². The van der Waals surface area contributed by atoms with Crippen LogP contribution in [-0.2, 0) is 16.1 Å². The molecule has 3 amide bonds. The summed E-state index contributed by atoms with van der Waals surface area (Å²) in [6.07, 6.45) is 6.98. The molecule has 9 heteroatoms. The zero-order valence-electron chi connectivity index (χ0n) is 17.6. The number of fused-ring (bicyclic) bond motifs is 1. The van der Waals surface area contributed by atoms with Gasteiger partial charge in [0, 0.05) is 37.4 Å². The molecule has 0 unspecified atom stereocenters. The molecule has 32 heavy (non-hydrogen) atoms. The number of hydrogen-bond donors (Lipinski definition) is 2. The molecule has 4 heterocycles. The number of likely N-dealkylation sites (tertiary alicyclic amines) is 1. The number of anilines is 1. The third-order valence-electron chi connectivity index (χ3n) is 5.70. The quantitative estimate of drug-likeness (QED) is 0.620. The molecule has 2 fully saturated rings. The number of pyridine rings is 1. The normalized spacial score (nSPS) is 18.4. The summed E-state index contributed by atoms with van der Waals surface area (Å²) in [7, 11) is 0. The minimum absolute atomic E-state index is 0.0186. The molecular formula is C23H25N5O4. The summed E-state index contributed by atoms with van der Waals surface area (Å²) in [5.41, 5.74) is 2.48. The average Bonchev–Trinajstić information content (AvgIpc) is 3.47. The van der Waals surface area contributed by atoms with Crippen molar-refractivity contribution in [2.75, 3.05) is 25.0 Å². The molecule has 0 aliphatic carbocycles. The average molecular weight is 435 g/mol. The predicted molar refractivity (Wildman–Crippen MR) is 117 cm³/mol. The summed E-state index contributed by atoms with van der Waals surface area (Å²) < 4.78 is 13.3. The second kappa shape index (κ2) is 8.88. The standard InChI is InChI=1S/C23H25N5O4/c29-22(20-2-1-11-31-20)28-14-19(15-28)32-18-5-3-17(4-6-18)26-23(30)25-13-16-7-9-27-10-8-24-21(27)12-16/h3-10,12,19-20H,1-2,11,13-15H2,(H2,25,26,30)/t20-/m0/s1. The van der Waals surface area contributed by atoms with Crippen molar-refractivity contribution < 1.29 is 19.1 Å². The molecule has 1 atom stereocenters. The van der Waals surface area contributed by atoms with Gasteiger partial charge in [-0.25, -0.2) is 9.78 Å². The lowest BCUT2D eigenvalue weighted by Gasteiger charge is -2.40. The topological polar surface area (TPSA) is 97.2 Å². The number of nitrogens with zero attached hydrogens (tertiary/aromatic N) is 3. The fourth-order valence-corrected chi connectivity index (χ4v) is 3.90. The molecule has 166 valence electrons. The largest absolute Gasteiger partial charge is 0.487 e. The monoisotopic (exact) mass is 435 g/mol. The van der Waals surface area contributed by atoms with Gasteiger partial charge in [-0.3, -0.25) is 4.79 Å². The predicted octanol–water partition coefficient (Wildman–Crippen LogP) is 2.42. The van der Waals surface area contributed by atoms with Crippen LogP contribution in [0.15, 0.2) is 55.0 Å². The maximum Gasteiger partial charge on any atom is 0.319 e. The number of carbonyl (C=O) groups is 2. The van der Waals surface area contributed by atoms with Gasteiger partial charge in [-0.2, -0.15) is 0 Å². The van der Waals surface area contributed by atoms with E-state index in [9.17, 15) is 9.59 Å². The number of urea groups is 1. The Bertz CT molecular complexity index is 1100. The highest BCUT2D eigenvalue weighted by Crippen LogP contribution is 2.23. The summed E-state index contributed by atoms with van der Waals surface area (Å²) >= 11 is 0. The molecule has 0 bridgehead atoms. The maximum absolute atomic E-state index is 12.3. The fraction of sp³-hybridized carbons (Fsp3) is 0.348. The van der Waals surface area contributed by atoms with Gasteiger partial charge in [-0.1, -0.05) is 0 Å². The number of aromatic nitrogens is 2. The molecule has 2 aromatic heterocycles. The minimum atomic E-state index is -0.288. The molecule has 9 nitrogen and oxygen atoms in total. The molecule has 1 aromatic carbocycles. The maximum atomic E-state index is 12.3. The Kier molecular flexibility index (Phi) is 5.64. The van der Waals surface area contributed by atoms with Crippen LogP contribution in [0.2, 0.25) is 0 Å². The number of ether oxygens (including phenoxy) is 2. The van der Waals surface area contributed by atoms with E-state index in [-0.39, 0.29) is 24.1 Å². The smallest absolute Gasteiger partial charge is 0.319 e. The molecule has 3 aromatic rings. The van der Waals surface area contributed by atoms with Crippen molar-refractivity contribution in [2.24, 2.45) is 0 Å². The SMILES string of the molecule is O=C(NCc1ccn2ccnc2c1)Nc1ccc(OC2CN(C(=O)[C@@H]3CCCO3)C2)cc1. The van der Waals surface area contributed by atoms with Crippen LogP contribution in [-0.4, -0.2) is 58.1 Å². The van der Waals surface area contributed by atoms with E-state index < -0.39 is 0 Å². The van der Waals surface area contributed by atoms with Gasteiger partial charge >= 0.3 is 6.03 Å². The number of rotatable bonds is 6. The van der Waals surface area contributed by atoms with Crippen LogP contribution in [0.4, 0.5) is 10.5 Å². The van der Waals surface area contributed by atoms with E-state index in [1.165, 1.54) is 0 Å². The van der Waals surface area contributed by atoms with E-state index >= 15 is 0 Å². The van der Waals surface area contributed by atoms with E-state index in [2.05, 4.69) is 15.6 Å². The third kappa shape index (κ3) is 4.52. The Morgan fingerprint density at radius 2 is 2.00 bits per heavy atom. The van der Waals surface area contributed by atoms with Crippen molar-refractivity contribution >= 4 is 23.3 Å². The molecule has 0 radical (unpaired) electrons. The zero-order valence-corrected chi connectivity index (χ0v) is 17.6. The van der Waals surface area contributed by atoms with E-state index in [4.69, 9.17) is 9.47 Å². The number of nitrogens with one attached hydrogen (secondary N) is 2. The molecule has 0 saturated carbocycles. The Morgan fingerprint density at radius 3 is 2.78 bits per heavy atom. The van der Waals surface area contributed by atoms with E-state index in [0.717, 1.165) is 24.1 Å². The van der Waals surface area contributed by atoms with Crippen LogP contribution in [0.3, 0.4) is 0 Å². The highest BCUT2D eigenvalue weighted by molar-refractivity contribution is 5.89. The number of benzene rings is 1. The van der Waals surface area contributed by atoms with Gasteiger partial charge < -0.3 is 29.4 Å². The van der Waals surface area contributed by atoms with Crippen LogP contribution in [0, 0.1) is 0 Å². The van der Waals surface area contributed by atoms with Crippen LogP contribution in [0.25, 0.3) is 5.65 Å². The highest BCUT2D eigenvalue weighted by atomic mass is 16.5. The van der Waals surface area contributed by atoms with Gasteiger partial charge in [0.05, 0.1) is 13.1 Å². The van der Waals surface area contributed by atoms with Crippen LogP contribution < -0.4 is 15.4 Å². The second-order valence-electron chi connectivity index (χ2n) is 8.04. The molecule has 0 spiro atoms. The lowest BCUT2D eigenvalue weighted by atomic mass is 10.1. The van der Waals surface area contributed by atoms with Crippen molar-refractivity contribution in [1.29, 1.82) is 0 Å². The Hall–Kier alpha value is -3.59. The van der Waals surface area contributed by atoms with E-state index in [1.807, 2.05) is 41.1 Å². The lowest BCUT2D eigenvalue weighted by molar-refractivity contribution is -0.149. The highest BCUT2D eigenvalue weighted by Gasteiger charge is 2.37. The molecule has 2 aliphatic heterocycles. The molecular weight excluding hydrogens is 410 g/mol. The van der Waals surface area contributed by atoms with Gasteiger partial charge in [-0.05, 0) is 54.8 Å². The van der Waals surface area contributed by atoms with Gasteiger partial charge in [0.2, 0.25) is 0 Å². The van der Waals surface area contributed by atoms with Crippen LogP contribution >= 0.6 is 0 Å². The first-order valence-corrected chi connectivity index (χ1v) is 10.8. The third-order valence-corrected chi connectivity index (χ3v) is 5.70. The summed E-state index contributed by atoms with van der Waals surface area (Å²) in [6.45, 7) is 2.22. The van der Waals surface area contributed by atoms with Crippen molar-refractivity contribution in [1.82, 2.24) is 19.6 Å². The summed E-state index contributed by atoms with van der Waals surface area (Å²) in [5.74, 6) is 0.774. The Morgan fingerprint density at radius 1 is 1.16 bits per heavy atom. The van der Waals surface area contributed by atoms with Crippen molar-refractivity contribution in [3.05, 3.63) is 60.6 Å². The number of amides is 3. The number of hydrogen-bond acceptors (Lipinski definition) is 5. The second-order valence-corrected chi connectivity index (χ2v) is 8.04. The summed E-state index contributed by atoms with van der Waals surface area (Å²) in [6, 6.07) is 10.8. The minimum Gasteiger partial charge on any atom is -0.487 e. The van der Waals surface area contributed by atoms with Gasteiger partial charge in [-0.15, -0.1) is 0 Å².